The van der Waals surface area contributed by atoms with E-state index in [1.54, 1.807) is 13.1 Å². The Morgan fingerprint density at radius 2 is 1.94 bits per heavy atom. The number of aromatic nitrogens is 2. The Morgan fingerprint density at radius 1 is 1.17 bits per heavy atom. The number of halogens is 1. The van der Waals surface area contributed by atoms with Crippen molar-refractivity contribution < 1.29 is 4.74 Å². The van der Waals surface area contributed by atoms with E-state index in [1.807, 2.05) is 32.0 Å². The lowest BCUT2D eigenvalue weighted by atomic mass is 10.2. The Labute approximate surface area is 111 Å². The molecule has 0 unspecified atom stereocenters. The second-order valence-electron chi connectivity index (χ2n) is 3.96. The molecule has 2 rings (SSSR count). The molecule has 0 bridgehead atoms. The lowest BCUT2D eigenvalue weighted by Gasteiger charge is -2.09. The van der Waals surface area contributed by atoms with Crippen LogP contribution in [0.1, 0.15) is 11.3 Å². The largest absolute Gasteiger partial charge is 0.437 e. The van der Waals surface area contributed by atoms with Gasteiger partial charge in [-0.1, -0.05) is 17.7 Å². The molecule has 0 amide bonds. The van der Waals surface area contributed by atoms with E-state index in [0.717, 1.165) is 11.3 Å². The summed E-state index contributed by atoms with van der Waals surface area (Å²) in [4.78, 5) is 8.40. The minimum atomic E-state index is 0.470. The maximum atomic E-state index is 6.11. The SMILES string of the molecule is CNc1nc(C)cc(Oc2ccc(C)cc2Cl)n1. The van der Waals surface area contributed by atoms with Gasteiger partial charge in [0.25, 0.3) is 0 Å². The fourth-order valence-electron chi connectivity index (χ4n) is 1.51. The van der Waals surface area contributed by atoms with E-state index in [0.29, 0.717) is 22.6 Å². The lowest BCUT2D eigenvalue weighted by Crippen LogP contribution is -1.99. The molecule has 0 radical (unpaired) electrons. The van der Waals surface area contributed by atoms with Gasteiger partial charge in [-0.2, -0.15) is 4.98 Å². The van der Waals surface area contributed by atoms with Crippen LogP contribution in [0.2, 0.25) is 5.02 Å². The molecule has 0 saturated carbocycles. The summed E-state index contributed by atoms with van der Waals surface area (Å²) in [7, 11) is 1.76. The predicted molar refractivity (Wildman–Crippen MR) is 72.6 cm³/mol. The van der Waals surface area contributed by atoms with Crippen molar-refractivity contribution in [2.24, 2.45) is 0 Å². The first-order valence-corrected chi connectivity index (χ1v) is 5.94. The van der Waals surface area contributed by atoms with Crippen LogP contribution in [-0.4, -0.2) is 17.0 Å². The lowest BCUT2D eigenvalue weighted by molar-refractivity contribution is 0.462. The van der Waals surface area contributed by atoms with Crippen molar-refractivity contribution in [1.29, 1.82) is 0 Å². The standard InChI is InChI=1S/C13H14ClN3O/c1-8-4-5-11(10(14)6-8)18-12-7-9(2)16-13(15-3)17-12/h4-7H,1-3H3,(H,15,16,17). The first kappa shape index (κ1) is 12.6. The van der Waals surface area contributed by atoms with Crippen LogP contribution < -0.4 is 10.1 Å². The first-order valence-electron chi connectivity index (χ1n) is 5.56. The van der Waals surface area contributed by atoms with Crippen molar-refractivity contribution in [1.82, 2.24) is 9.97 Å². The number of rotatable bonds is 3. The molecule has 0 saturated heterocycles. The molecule has 0 aliphatic heterocycles. The maximum absolute atomic E-state index is 6.11. The molecule has 0 fully saturated rings. The molecule has 5 heteroatoms. The number of benzene rings is 1. The summed E-state index contributed by atoms with van der Waals surface area (Å²) >= 11 is 6.11. The van der Waals surface area contributed by atoms with Crippen LogP contribution >= 0.6 is 11.6 Å². The van der Waals surface area contributed by atoms with Crippen LogP contribution in [0.15, 0.2) is 24.3 Å². The quantitative estimate of drug-likeness (QED) is 0.919. The number of nitrogens with one attached hydrogen (secondary N) is 1. The highest BCUT2D eigenvalue weighted by molar-refractivity contribution is 6.32. The zero-order chi connectivity index (χ0) is 13.1. The summed E-state index contributed by atoms with van der Waals surface area (Å²) in [5.41, 5.74) is 1.91. The van der Waals surface area contributed by atoms with E-state index < -0.39 is 0 Å². The molecule has 2 aromatic rings. The highest BCUT2D eigenvalue weighted by atomic mass is 35.5. The van der Waals surface area contributed by atoms with Crippen molar-refractivity contribution in [3.63, 3.8) is 0 Å². The summed E-state index contributed by atoms with van der Waals surface area (Å²) in [5.74, 6) is 1.58. The third kappa shape index (κ3) is 2.90. The van der Waals surface area contributed by atoms with E-state index in [1.165, 1.54) is 0 Å². The minimum Gasteiger partial charge on any atom is -0.437 e. The first-order chi connectivity index (χ1) is 8.58. The van der Waals surface area contributed by atoms with Gasteiger partial charge >= 0.3 is 0 Å². The Hall–Kier alpha value is -1.81. The number of hydrogen-bond acceptors (Lipinski definition) is 4. The summed E-state index contributed by atoms with van der Waals surface area (Å²) in [6.45, 7) is 3.86. The molecule has 94 valence electrons. The Bertz CT molecular complexity index is 572. The molecule has 1 heterocycles. The highest BCUT2D eigenvalue weighted by Crippen LogP contribution is 2.29. The molecule has 0 atom stereocenters. The van der Waals surface area contributed by atoms with E-state index in [2.05, 4.69) is 15.3 Å². The van der Waals surface area contributed by atoms with Gasteiger partial charge in [-0.25, -0.2) is 4.98 Å². The molecule has 1 N–H and O–H groups in total. The van der Waals surface area contributed by atoms with Crippen molar-refractivity contribution in [3.05, 3.63) is 40.5 Å². The predicted octanol–water partition coefficient (Wildman–Crippen LogP) is 3.58. The maximum Gasteiger partial charge on any atom is 0.225 e. The average molecular weight is 264 g/mol. The Balaban J connectivity index is 2.30. The van der Waals surface area contributed by atoms with Crippen molar-refractivity contribution in [3.8, 4) is 11.6 Å². The number of anilines is 1. The summed E-state index contributed by atoms with van der Waals surface area (Å²) in [5, 5.41) is 3.45. The van der Waals surface area contributed by atoms with Gasteiger partial charge in [0.05, 0.1) is 5.02 Å². The smallest absolute Gasteiger partial charge is 0.225 e. The molecule has 0 aliphatic carbocycles. The number of nitrogens with zero attached hydrogens (tertiary/aromatic N) is 2. The van der Waals surface area contributed by atoms with Crippen LogP contribution in [0.3, 0.4) is 0 Å². The normalized spacial score (nSPS) is 10.2. The van der Waals surface area contributed by atoms with Crippen LogP contribution in [0.5, 0.6) is 11.6 Å². The fraction of sp³-hybridized carbons (Fsp3) is 0.231. The van der Waals surface area contributed by atoms with E-state index in [9.17, 15) is 0 Å². The topological polar surface area (TPSA) is 47.0 Å². The van der Waals surface area contributed by atoms with E-state index in [-0.39, 0.29) is 0 Å². The van der Waals surface area contributed by atoms with Crippen LogP contribution in [0, 0.1) is 13.8 Å². The molecule has 0 aliphatic rings. The number of ether oxygens (including phenoxy) is 1. The van der Waals surface area contributed by atoms with Crippen molar-refractivity contribution in [2.45, 2.75) is 13.8 Å². The molecule has 1 aromatic carbocycles. The summed E-state index contributed by atoms with van der Waals surface area (Å²) < 4.78 is 5.66. The van der Waals surface area contributed by atoms with Crippen LogP contribution in [0.4, 0.5) is 5.95 Å². The third-order valence-electron chi connectivity index (χ3n) is 2.36. The van der Waals surface area contributed by atoms with Gasteiger partial charge < -0.3 is 10.1 Å². The second kappa shape index (κ2) is 5.23. The van der Waals surface area contributed by atoms with E-state index >= 15 is 0 Å². The molecule has 1 aromatic heterocycles. The van der Waals surface area contributed by atoms with Gasteiger partial charge in [-0.15, -0.1) is 0 Å². The zero-order valence-corrected chi connectivity index (χ0v) is 11.2. The molecule has 0 spiro atoms. The van der Waals surface area contributed by atoms with Gasteiger partial charge in [0, 0.05) is 18.8 Å². The third-order valence-corrected chi connectivity index (χ3v) is 2.65. The van der Waals surface area contributed by atoms with Crippen molar-refractivity contribution in [2.75, 3.05) is 12.4 Å². The number of hydrogen-bond donors (Lipinski definition) is 1. The van der Waals surface area contributed by atoms with Gasteiger partial charge in [0.15, 0.2) is 0 Å². The zero-order valence-electron chi connectivity index (χ0n) is 10.5. The van der Waals surface area contributed by atoms with Crippen LogP contribution in [0.25, 0.3) is 0 Å². The minimum absolute atomic E-state index is 0.470. The second-order valence-corrected chi connectivity index (χ2v) is 4.36. The van der Waals surface area contributed by atoms with Crippen molar-refractivity contribution >= 4 is 17.5 Å². The van der Waals surface area contributed by atoms with Gasteiger partial charge in [0.1, 0.15) is 5.75 Å². The monoisotopic (exact) mass is 263 g/mol. The number of aryl methyl sites for hydroxylation is 2. The average Bonchev–Trinajstić information content (AvgIpc) is 2.32. The Kier molecular flexibility index (Phi) is 3.67. The van der Waals surface area contributed by atoms with Crippen LogP contribution in [-0.2, 0) is 0 Å². The molecule has 4 nitrogen and oxygen atoms in total. The molecular weight excluding hydrogens is 250 g/mol. The highest BCUT2D eigenvalue weighted by Gasteiger charge is 2.06. The summed E-state index contributed by atoms with van der Waals surface area (Å²) in [6, 6.07) is 7.38. The molecular formula is C13H14ClN3O. The molecule has 18 heavy (non-hydrogen) atoms. The Morgan fingerprint density at radius 3 is 2.61 bits per heavy atom. The van der Waals surface area contributed by atoms with E-state index in [4.69, 9.17) is 16.3 Å². The van der Waals surface area contributed by atoms with Gasteiger partial charge in [0.2, 0.25) is 11.8 Å². The van der Waals surface area contributed by atoms with Gasteiger partial charge in [-0.05, 0) is 31.5 Å². The fourth-order valence-corrected chi connectivity index (χ4v) is 1.78. The van der Waals surface area contributed by atoms with Gasteiger partial charge in [-0.3, -0.25) is 0 Å². The summed E-state index contributed by atoms with van der Waals surface area (Å²) in [6.07, 6.45) is 0.